The number of hydrogen-bond acceptors (Lipinski definition) is 5. The number of alkyl halides is 2. The highest BCUT2D eigenvalue weighted by Crippen LogP contribution is 2.46. The Labute approximate surface area is 201 Å². The zero-order valence-corrected chi connectivity index (χ0v) is 19.8. The van der Waals surface area contributed by atoms with Crippen LogP contribution in [0.2, 0.25) is 0 Å². The van der Waals surface area contributed by atoms with Crippen molar-refractivity contribution in [3.63, 3.8) is 0 Å². The van der Waals surface area contributed by atoms with Crippen molar-refractivity contribution in [2.75, 3.05) is 0 Å². The van der Waals surface area contributed by atoms with Crippen LogP contribution in [0, 0.1) is 6.92 Å². The maximum absolute atomic E-state index is 13.5. The summed E-state index contributed by atoms with van der Waals surface area (Å²) in [5, 5.41) is 2.80. The molecule has 3 aliphatic rings. The zero-order valence-electron chi connectivity index (χ0n) is 19.0. The predicted molar refractivity (Wildman–Crippen MR) is 121 cm³/mol. The van der Waals surface area contributed by atoms with Gasteiger partial charge in [0, 0.05) is 17.6 Å². The Morgan fingerprint density at radius 2 is 1.77 bits per heavy atom. The number of halogens is 2. The molecule has 3 fully saturated rings. The van der Waals surface area contributed by atoms with Crippen LogP contribution in [0.25, 0.3) is 0 Å². The third-order valence-electron chi connectivity index (χ3n) is 7.05. The molecule has 2 aromatic carbocycles. The number of nitrogens with one attached hydrogen (secondary N) is 1. The summed E-state index contributed by atoms with van der Waals surface area (Å²) in [4.78, 5) is 27.6. The van der Waals surface area contributed by atoms with Gasteiger partial charge in [0.05, 0.1) is 11.4 Å². The van der Waals surface area contributed by atoms with Crippen LogP contribution in [0.3, 0.4) is 0 Å². The molecule has 11 heteroatoms. The van der Waals surface area contributed by atoms with Gasteiger partial charge in [-0.3, -0.25) is 9.69 Å². The molecule has 3 amide bonds. The van der Waals surface area contributed by atoms with E-state index in [1.165, 1.54) is 22.5 Å². The molecular formula is C24H25F2N3O5S. The number of para-hydroxylation sites is 1. The smallest absolute Gasteiger partial charge is 0.387 e. The largest absolute Gasteiger partial charge is 0.434 e. The summed E-state index contributed by atoms with van der Waals surface area (Å²) in [6.07, 6.45) is 1.49. The van der Waals surface area contributed by atoms with Crippen LogP contribution in [0.15, 0.2) is 53.4 Å². The molecule has 1 spiro atoms. The molecule has 3 aliphatic heterocycles. The average Bonchev–Trinajstić information content (AvgIpc) is 3.21. The number of sulfonamides is 1. The number of carbonyl (C=O) groups is 2. The lowest BCUT2D eigenvalue weighted by Crippen LogP contribution is -2.60. The lowest BCUT2D eigenvalue weighted by atomic mass is 9.84. The Morgan fingerprint density at radius 1 is 1.09 bits per heavy atom. The minimum absolute atomic E-state index is 0.108. The van der Waals surface area contributed by atoms with Gasteiger partial charge in [0.1, 0.15) is 11.3 Å². The molecular weight excluding hydrogens is 480 g/mol. The van der Waals surface area contributed by atoms with Crippen molar-refractivity contribution >= 4 is 22.0 Å². The maximum Gasteiger partial charge on any atom is 0.387 e. The van der Waals surface area contributed by atoms with Gasteiger partial charge in [-0.25, -0.2) is 13.2 Å². The standard InChI is InChI=1S/C24H25F2N3O5S/c1-15-5-4-7-19(11-15)35(32,33)29-17-9-10-18(29)13-24(12-17)21(30)28(23(31)27-24)14-16-6-2-3-8-20(16)34-22(25)26/h2-8,11,17-18,22H,9-10,12-14H2,1H3,(H,27,31)/t17-,18+,24?. The van der Waals surface area contributed by atoms with Gasteiger partial charge in [-0.1, -0.05) is 30.3 Å². The number of fused-ring (bicyclic) bond motifs is 2. The first-order chi connectivity index (χ1) is 16.6. The summed E-state index contributed by atoms with van der Waals surface area (Å²) in [6.45, 7) is -1.44. The molecule has 186 valence electrons. The molecule has 5 rings (SSSR count). The number of rotatable bonds is 6. The molecule has 0 aliphatic carbocycles. The van der Waals surface area contributed by atoms with Crippen LogP contribution in [-0.2, 0) is 21.4 Å². The van der Waals surface area contributed by atoms with Crippen LogP contribution < -0.4 is 10.1 Å². The molecule has 3 heterocycles. The van der Waals surface area contributed by atoms with Crippen LogP contribution in [0.1, 0.15) is 36.8 Å². The first-order valence-corrected chi connectivity index (χ1v) is 12.8. The third-order valence-corrected chi connectivity index (χ3v) is 9.05. The molecule has 8 nitrogen and oxygen atoms in total. The molecule has 1 unspecified atom stereocenters. The summed E-state index contributed by atoms with van der Waals surface area (Å²) in [6, 6.07) is 11.2. The fourth-order valence-corrected chi connectivity index (χ4v) is 7.59. The number of carbonyl (C=O) groups excluding carboxylic acids is 2. The maximum atomic E-state index is 13.5. The summed E-state index contributed by atoms with van der Waals surface area (Å²) in [5.74, 6) is -0.581. The van der Waals surface area contributed by atoms with Gasteiger partial charge in [-0.15, -0.1) is 0 Å². The molecule has 2 aromatic rings. The van der Waals surface area contributed by atoms with Crippen LogP contribution in [-0.4, -0.2) is 53.8 Å². The fourth-order valence-electron chi connectivity index (χ4n) is 5.61. The number of aryl methyl sites for hydroxylation is 1. The Hall–Kier alpha value is -3.05. The number of hydrogen-bond donors (Lipinski definition) is 1. The Kier molecular flexibility index (Phi) is 5.79. The summed E-state index contributed by atoms with van der Waals surface area (Å²) in [7, 11) is -3.77. The zero-order chi connectivity index (χ0) is 25.0. The van der Waals surface area contributed by atoms with Crippen molar-refractivity contribution < 1.29 is 31.5 Å². The second kappa shape index (κ2) is 8.56. The van der Waals surface area contributed by atoms with Crippen molar-refractivity contribution in [1.29, 1.82) is 0 Å². The van der Waals surface area contributed by atoms with Crippen molar-refractivity contribution in [3.05, 3.63) is 59.7 Å². The minimum Gasteiger partial charge on any atom is -0.434 e. The monoisotopic (exact) mass is 505 g/mol. The van der Waals surface area contributed by atoms with Gasteiger partial charge in [0.2, 0.25) is 10.0 Å². The van der Waals surface area contributed by atoms with E-state index in [0.29, 0.717) is 12.8 Å². The number of amides is 3. The summed E-state index contributed by atoms with van der Waals surface area (Å²) >= 11 is 0. The lowest BCUT2D eigenvalue weighted by Gasteiger charge is -2.42. The number of ether oxygens (including phenoxy) is 1. The van der Waals surface area contributed by atoms with Crippen LogP contribution >= 0.6 is 0 Å². The van der Waals surface area contributed by atoms with E-state index in [2.05, 4.69) is 10.1 Å². The van der Waals surface area contributed by atoms with Gasteiger partial charge >= 0.3 is 12.6 Å². The van der Waals surface area contributed by atoms with Gasteiger partial charge in [-0.2, -0.15) is 13.1 Å². The molecule has 0 saturated carbocycles. The predicted octanol–water partition coefficient (Wildman–Crippen LogP) is 3.40. The van der Waals surface area contributed by atoms with Gasteiger partial charge in [-0.05, 0) is 56.4 Å². The quantitative estimate of drug-likeness (QED) is 0.607. The summed E-state index contributed by atoms with van der Waals surface area (Å²) in [5.41, 5.74) is -0.118. The minimum atomic E-state index is -3.77. The Bertz CT molecular complexity index is 1270. The summed E-state index contributed by atoms with van der Waals surface area (Å²) < 4.78 is 58.5. The molecule has 1 N–H and O–H groups in total. The molecule has 3 saturated heterocycles. The van der Waals surface area contributed by atoms with Crippen LogP contribution in [0.5, 0.6) is 5.75 Å². The normalized spacial score (nSPS) is 26.6. The van der Waals surface area contributed by atoms with E-state index in [-0.39, 0.29) is 35.6 Å². The third kappa shape index (κ3) is 4.06. The van der Waals surface area contributed by atoms with Gasteiger partial charge in [0.15, 0.2) is 0 Å². The van der Waals surface area contributed by atoms with Crippen LogP contribution in [0.4, 0.5) is 13.6 Å². The van der Waals surface area contributed by atoms with E-state index >= 15 is 0 Å². The van der Waals surface area contributed by atoms with E-state index in [1.54, 1.807) is 24.3 Å². The molecule has 0 radical (unpaired) electrons. The highest BCUT2D eigenvalue weighted by atomic mass is 32.2. The van der Waals surface area contributed by atoms with Crippen molar-refractivity contribution in [2.24, 2.45) is 0 Å². The Morgan fingerprint density at radius 3 is 2.43 bits per heavy atom. The number of nitrogens with zero attached hydrogens (tertiary/aromatic N) is 2. The highest BCUT2D eigenvalue weighted by molar-refractivity contribution is 7.89. The van der Waals surface area contributed by atoms with E-state index < -0.39 is 46.2 Å². The fraction of sp³-hybridized carbons (Fsp3) is 0.417. The first-order valence-electron chi connectivity index (χ1n) is 11.4. The highest BCUT2D eigenvalue weighted by Gasteiger charge is 2.60. The van der Waals surface area contributed by atoms with Crippen molar-refractivity contribution in [1.82, 2.24) is 14.5 Å². The number of benzene rings is 2. The number of piperidine rings is 1. The van der Waals surface area contributed by atoms with E-state index in [1.807, 2.05) is 13.0 Å². The SMILES string of the molecule is Cc1cccc(S(=O)(=O)N2[C@@H]3CC[C@H]2CC2(C3)NC(=O)N(Cc3ccccc3OC(F)F)C2=O)c1. The van der Waals surface area contributed by atoms with E-state index in [9.17, 15) is 26.8 Å². The van der Waals surface area contributed by atoms with E-state index in [4.69, 9.17) is 0 Å². The molecule has 0 aromatic heterocycles. The van der Waals surface area contributed by atoms with Crippen molar-refractivity contribution in [2.45, 2.75) is 68.3 Å². The molecule has 35 heavy (non-hydrogen) atoms. The number of urea groups is 1. The lowest BCUT2D eigenvalue weighted by molar-refractivity contribution is -0.133. The van der Waals surface area contributed by atoms with E-state index in [0.717, 1.165) is 10.5 Å². The molecule has 2 bridgehead atoms. The Balaban J connectivity index is 1.38. The first kappa shape index (κ1) is 23.7. The molecule has 3 atom stereocenters. The average molecular weight is 506 g/mol. The van der Waals surface area contributed by atoms with Gasteiger partial charge in [0.25, 0.3) is 5.91 Å². The van der Waals surface area contributed by atoms with Gasteiger partial charge < -0.3 is 10.1 Å². The number of imide groups is 1. The van der Waals surface area contributed by atoms with Crippen molar-refractivity contribution in [3.8, 4) is 5.75 Å². The topological polar surface area (TPSA) is 96.0 Å². The second-order valence-corrected chi connectivity index (χ2v) is 11.2. The second-order valence-electron chi connectivity index (χ2n) is 9.33.